The predicted molar refractivity (Wildman–Crippen MR) is 98.1 cm³/mol. The van der Waals surface area contributed by atoms with E-state index < -0.39 is 0 Å². The molecule has 0 radical (unpaired) electrons. The maximum atomic E-state index is 12.7. The first-order valence-electron chi connectivity index (χ1n) is 8.26. The Morgan fingerprint density at radius 1 is 1.40 bits per heavy atom. The summed E-state index contributed by atoms with van der Waals surface area (Å²) in [5.74, 6) is -0.0323. The first-order chi connectivity index (χ1) is 11.8. The normalized spacial score (nSPS) is 13.0. The molecule has 0 bridgehead atoms. The number of tetrazole rings is 1. The fourth-order valence-corrected chi connectivity index (χ4v) is 2.38. The molecule has 0 aliphatic carbocycles. The maximum Gasteiger partial charge on any atom is 0.247 e. The third-order valence-electron chi connectivity index (χ3n) is 3.77. The fourth-order valence-electron chi connectivity index (χ4n) is 2.38. The summed E-state index contributed by atoms with van der Waals surface area (Å²) in [6, 6.07) is 7.73. The van der Waals surface area contributed by atoms with E-state index in [-0.39, 0.29) is 17.4 Å². The van der Waals surface area contributed by atoms with Crippen LogP contribution in [0.1, 0.15) is 39.3 Å². The zero-order chi connectivity index (χ0) is 18.4. The van der Waals surface area contributed by atoms with Gasteiger partial charge in [0.2, 0.25) is 5.91 Å². The lowest BCUT2D eigenvalue weighted by molar-refractivity contribution is -0.127. The molecule has 0 N–H and O–H groups in total. The Balaban J connectivity index is 2.26. The van der Waals surface area contributed by atoms with Crippen molar-refractivity contribution < 1.29 is 4.79 Å². The smallest absolute Gasteiger partial charge is 0.247 e. The van der Waals surface area contributed by atoms with Crippen molar-refractivity contribution in [2.75, 3.05) is 6.54 Å². The Morgan fingerprint density at radius 2 is 2.16 bits per heavy atom. The Labute approximate surface area is 148 Å². The van der Waals surface area contributed by atoms with Crippen molar-refractivity contribution in [3.8, 4) is 5.69 Å². The molecule has 0 aliphatic heterocycles. The van der Waals surface area contributed by atoms with Gasteiger partial charge in [0, 0.05) is 6.54 Å². The molecule has 1 amide bonds. The van der Waals surface area contributed by atoms with Crippen LogP contribution < -0.4 is 0 Å². The summed E-state index contributed by atoms with van der Waals surface area (Å²) < 4.78 is 1.59. The number of rotatable bonds is 6. The number of carbonyl (C=O) groups is 1. The molecule has 1 aromatic carbocycles. The highest BCUT2D eigenvalue weighted by Crippen LogP contribution is 2.23. The SMILES string of the molecule is C=CCN(C(=O)C=CC(C)(C)C)C(C)c1cccc(-n2cnnn2)c1. The van der Waals surface area contributed by atoms with Crippen LogP contribution in [0.5, 0.6) is 0 Å². The molecule has 1 heterocycles. The monoisotopic (exact) mass is 339 g/mol. The van der Waals surface area contributed by atoms with E-state index in [1.54, 1.807) is 28.1 Å². The van der Waals surface area contributed by atoms with Crippen molar-refractivity contribution in [3.63, 3.8) is 0 Å². The van der Waals surface area contributed by atoms with Crippen molar-refractivity contribution in [2.45, 2.75) is 33.7 Å². The third kappa shape index (κ3) is 5.11. The third-order valence-corrected chi connectivity index (χ3v) is 3.77. The number of nitrogens with zero attached hydrogens (tertiary/aromatic N) is 5. The van der Waals surface area contributed by atoms with Crippen LogP contribution in [-0.2, 0) is 4.79 Å². The van der Waals surface area contributed by atoms with Gasteiger partial charge in [0.05, 0.1) is 11.7 Å². The summed E-state index contributed by atoms with van der Waals surface area (Å²) in [7, 11) is 0. The van der Waals surface area contributed by atoms with E-state index in [9.17, 15) is 4.79 Å². The zero-order valence-electron chi connectivity index (χ0n) is 15.3. The van der Waals surface area contributed by atoms with Crippen molar-refractivity contribution in [3.05, 3.63) is 61.0 Å². The molecule has 132 valence electrons. The molecular formula is C19H25N5O. The molecule has 0 aliphatic rings. The first-order valence-corrected chi connectivity index (χ1v) is 8.26. The summed E-state index contributed by atoms with van der Waals surface area (Å²) >= 11 is 0. The number of allylic oxidation sites excluding steroid dienone is 1. The quantitative estimate of drug-likeness (QED) is 0.598. The van der Waals surface area contributed by atoms with Gasteiger partial charge in [-0.25, -0.2) is 4.68 Å². The summed E-state index contributed by atoms with van der Waals surface area (Å²) in [5, 5.41) is 11.2. The van der Waals surface area contributed by atoms with Gasteiger partial charge < -0.3 is 4.90 Å². The number of aromatic nitrogens is 4. The Hall–Kier alpha value is -2.76. The molecule has 0 saturated carbocycles. The van der Waals surface area contributed by atoms with Gasteiger partial charge in [-0.2, -0.15) is 0 Å². The highest BCUT2D eigenvalue weighted by atomic mass is 16.2. The number of hydrogen-bond donors (Lipinski definition) is 0. The van der Waals surface area contributed by atoms with Crippen molar-refractivity contribution >= 4 is 5.91 Å². The molecule has 1 unspecified atom stereocenters. The molecule has 0 spiro atoms. The Morgan fingerprint density at radius 3 is 2.76 bits per heavy atom. The van der Waals surface area contributed by atoms with Crippen molar-refractivity contribution in [2.24, 2.45) is 5.41 Å². The summed E-state index contributed by atoms with van der Waals surface area (Å²) in [6.45, 7) is 12.4. The lowest BCUT2D eigenvalue weighted by atomic mass is 9.96. The van der Waals surface area contributed by atoms with Crippen LogP contribution in [0.2, 0.25) is 0 Å². The maximum absolute atomic E-state index is 12.7. The van der Waals surface area contributed by atoms with E-state index in [2.05, 4.69) is 42.9 Å². The van der Waals surface area contributed by atoms with Gasteiger partial charge in [-0.05, 0) is 46.5 Å². The topological polar surface area (TPSA) is 63.9 Å². The number of amides is 1. The second-order valence-corrected chi connectivity index (χ2v) is 7.00. The molecule has 2 aromatic rings. The van der Waals surface area contributed by atoms with Crippen molar-refractivity contribution in [1.29, 1.82) is 0 Å². The molecule has 1 atom stereocenters. The second-order valence-electron chi connectivity index (χ2n) is 7.00. The zero-order valence-corrected chi connectivity index (χ0v) is 15.3. The summed E-state index contributed by atoms with van der Waals surface area (Å²) in [5.41, 5.74) is 1.82. The molecule has 2 rings (SSSR count). The summed E-state index contributed by atoms with van der Waals surface area (Å²) in [6.07, 6.45) is 6.86. The number of benzene rings is 1. The Bertz CT molecular complexity index is 743. The van der Waals surface area contributed by atoms with Gasteiger partial charge in [0.15, 0.2) is 0 Å². The van der Waals surface area contributed by atoms with Gasteiger partial charge >= 0.3 is 0 Å². The first kappa shape index (κ1) is 18.6. The molecule has 1 aromatic heterocycles. The van der Waals surface area contributed by atoms with E-state index >= 15 is 0 Å². The molecular weight excluding hydrogens is 314 g/mol. The second kappa shape index (κ2) is 7.88. The molecule has 6 nitrogen and oxygen atoms in total. The van der Waals surface area contributed by atoms with Gasteiger partial charge in [0.25, 0.3) is 0 Å². The van der Waals surface area contributed by atoms with Crippen LogP contribution in [0.15, 0.2) is 55.4 Å². The highest BCUT2D eigenvalue weighted by molar-refractivity contribution is 5.88. The van der Waals surface area contributed by atoms with Crippen LogP contribution >= 0.6 is 0 Å². The minimum atomic E-state index is -0.105. The number of hydrogen-bond acceptors (Lipinski definition) is 4. The van der Waals surface area contributed by atoms with E-state index in [0.717, 1.165) is 11.3 Å². The lowest BCUT2D eigenvalue weighted by Gasteiger charge is -2.28. The number of carbonyl (C=O) groups excluding carboxylic acids is 1. The van der Waals surface area contributed by atoms with E-state index in [0.29, 0.717) is 6.54 Å². The average Bonchev–Trinajstić information content (AvgIpc) is 3.11. The lowest BCUT2D eigenvalue weighted by Crippen LogP contribution is -2.32. The fraction of sp³-hybridized carbons (Fsp3) is 0.368. The van der Waals surface area contributed by atoms with Crippen molar-refractivity contribution in [1.82, 2.24) is 25.1 Å². The molecule has 6 heteroatoms. The van der Waals surface area contributed by atoms with E-state index in [1.807, 2.05) is 37.3 Å². The van der Waals surface area contributed by atoms with Gasteiger partial charge in [-0.1, -0.05) is 45.1 Å². The van der Waals surface area contributed by atoms with Gasteiger partial charge in [0.1, 0.15) is 6.33 Å². The average molecular weight is 339 g/mol. The summed E-state index contributed by atoms with van der Waals surface area (Å²) in [4.78, 5) is 14.4. The van der Waals surface area contributed by atoms with Crippen LogP contribution in [0.4, 0.5) is 0 Å². The minimum absolute atomic E-state index is 0.0323. The van der Waals surface area contributed by atoms with Gasteiger partial charge in [-0.3, -0.25) is 4.79 Å². The Kier molecular flexibility index (Phi) is 5.85. The standard InChI is InChI=1S/C19H25N5O/c1-6-12-23(18(25)10-11-19(3,4)5)15(2)16-8-7-9-17(13-16)24-14-20-21-22-24/h6-11,13-15H,1,12H2,2-5H3. The molecule has 0 saturated heterocycles. The predicted octanol–water partition coefficient (Wildman–Crippen LogP) is 3.34. The largest absolute Gasteiger partial charge is 0.329 e. The van der Waals surface area contributed by atoms with E-state index in [4.69, 9.17) is 0 Å². The molecule has 25 heavy (non-hydrogen) atoms. The highest BCUT2D eigenvalue weighted by Gasteiger charge is 2.19. The van der Waals surface area contributed by atoms with Crippen LogP contribution in [0.3, 0.4) is 0 Å². The van der Waals surface area contributed by atoms with Crippen LogP contribution in [0.25, 0.3) is 5.69 Å². The van der Waals surface area contributed by atoms with Crippen LogP contribution in [0, 0.1) is 5.41 Å². The molecule has 0 fully saturated rings. The van der Waals surface area contributed by atoms with Crippen LogP contribution in [-0.4, -0.2) is 37.6 Å². The minimum Gasteiger partial charge on any atom is -0.329 e. The van der Waals surface area contributed by atoms with Gasteiger partial charge in [-0.15, -0.1) is 11.7 Å². The van der Waals surface area contributed by atoms with E-state index in [1.165, 1.54) is 0 Å².